The molecule has 1 heterocycles. The number of aromatic nitrogens is 2. The Morgan fingerprint density at radius 1 is 0.889 bits per heavy atom. The first-order chi connectivity index (χ1) is 17.1. The maximum absolute atomic E-state index is 13.9. The fourth-order valence-corrected chi connectivity index (χ4v) is 3.50. The van der Waals surface area contributed by atoms with Gasteiger partial charge in [0.1, 0.15) is 5.75 Å². The summed E-state index contributed by atoms with van der Waals surface area (Å²) in [7, 11) is 0. The van der Waals surface area contributed by atoms with Crippen molar-refractivity contribution < 1.29 is 32.3 Å². The van der Waals surface area contributed by atoms with Crippen molar-refractivity contribution in [1.29, 1.82) is 0 Å². The summed E-state index contributed by atoms with van der Waals surface area (Å²) >= 11 is 6.10. The highest BCUT2D eigenvalue weighted by Gasteiger charge is 2.24. The van der Waals surface area contributed by atoms with E-state index in [2.05, 4.69) is 15.7 Å². The molecule has 0 saturated carbocycles. The molecular formula is C24H15ClF4N4O3. The van der Waals surface area contributed by atoms with Gasteiger partial charge in [0.05, 0.1) is 27.6 Å². The number of carbonyl (C=O) groups is 2. The van der Waals surface area contributed by atoms with Crippen LogP contribution in [0.3, 0.4) is 0 Å². The van der Waals surface area contributed by atoms with Crippen LogP contribution in [0.15, 0.2) is 54.6 Å². The molecule has 36 heavy (non-hydrogen) atoms. The predicted molar refractivity (Wildman–Crippen MR) is 124 cm³/mol. The second-order valence-electron chi connectivity index (χ2n) is 7.52. The Morgan fingerprint density at radius 2 is 1.56 bits per heavy atom. The third-order valence-electron chi connectivity index (χ3n) is 5.05. The Morgan fingerprint density at radius 3 is 2.25 bits per heavy atom. The normalized spacial score (nSPS) is 10.8. The lowest BCUT2D eigenvalue weighted by molar-refractivity contribution is 0.101. The van der Waals surface area contributed by atoms with Crippen LogP contribution in [-0.4, -0.2) is 26.7 Å². The highest BCUT2D eigenvalue weighted by molar-refractivity contribution is 6.34. The third-order valence-corrected chi connectivity index (χ3v) is 5.36. The van der Waals surface area contributed by atoms with Crippen LogP contribution in [0.25, 0.3) is 5.69 Å². The number of aromatic hydroxyl groups is 1. The molecule has 0 atom stereocenters. The Balaban J connectivity index is 1.54. The van der Waals surface area contributed by atoms with E-state index in [-0.39, 0.29) is 28.2 Å². The van der Waals surface area contributed by atoms with E-state index < -0.39 is 46.4 Å². The topological polar surface area (TPSA) is 96.2 Å². The molecule has 0 aliphatic rings. The van der Waals surface area contributed by atoms with E-state index in [0.717, 1.165) is 17.8 Å². The molecular weight excluding hydrogens is 504 g/mol. The molecule has 3 N–H and O–H groups in total. The number of hydrogen-bond donors (Lipinski definition) is 3. The van der Waals surface area contributed by atoms with Crippen LogP contribution in [0.5, 0.6) is 5.75 Å². The molecule has 7 nitrogen and oxygen atoms in total. The number of phenolic OH excluding ortho intramolecular Hbond substituents is 1. The van der Waals surface area contributed by atoms with Gasteiger partial charge in [0.15, 0.2) is 29.0 Å². The molecule has 0 radical (unpaired) electrons. The summed E-state index contributed by atoms with van der Waals surface area (Å²) in [6.07, 6.45) is 0. The number of nitrogens with one attached hydrogen (secondary N) is 2. The van der Waals surface area contributed by atoms with Crippen molar-refractivity contribution >= 4 is 34.8 Å². The van der Waals surface area contributed by atoms with Gasteiger partial charge in [-0.05, 0) is 37.3 Å². The monoisotopic (exact) mass is 518 g/mol. The molecule has 184 valence electrons. The Labute approximate surface area is 205 Å². The van der Waals surface area contributed by atoms with Crippen LogP contribution in [0.2, 0.25) is 5.02 Å². The van der Waals surface area contributed by atoms with Gasteiger partial charge in [0.25, 0.3) is 11.8 Å². The molecule has 12 heteroatoms. The number of phenols is 1. The number of para-hydroxylation sites is 1. The van der Waals surface area contributed by atoms with Crippen LogP contribution in [-0.2, 0) is 0 Å². The summed E-state index contributed by atoms with van der Waals surface area (Å²) in [4.78, 5) is 25.0. The highest BCUT2D eigenvalue weighted by atomic mass is 35.5. The van der Waals surface area contributed by atoms with Crippen molar-refractivity contribution in [3.63, 3.8) is 0 Å². The molecule has 2 amide bonds. The lowest BCUT2D eigenvalue weighted by Crippen LogP contribution is -2.17. The molecule has 0 saturated heterocycles. The molecule has 4 rings (SSSR count). The van der Waals surface area contributed by atoms with Crippen molar-refractivity contribution in [3.05, 3.63) is 99.8 Å². The number of nitrogens with zero attached hydrogens (tertiary/aromatic N) is 2. The fourth-order valence-electron chi connectivity index (χ4n) is 3.29. The highest BCUT2D eigenvalue weighted by Crippen LogP contribution is 2.34. The lowest BCUT2D eigenvalue weighted by atomic mass is 10.1. The van der Waals surface area contributed by atoms with Gasteiger partial charge in [-0.25, -0.2) is 22.2 Å². The van der Waals surface area contributed by atoms with E-state index in [1.54, 1.807) is 23.7 Å². The van der Waals surface area contributed by atoms with Crippen molar-refractivity contribution in [2.75, 3.05) is 10.6 Å². The largest absolute Gasteiger partial charge is 0.506 e. The van der Waals surface area contributed by atoms with Gasteiger partial charge in [-0.2, -0.15) is 5.10 Å². The number of halogens is 5. The number of aryl methyl sites for hydroxylation is 1. The van der Waals surface area contributed by atoms with Gasteiger partial charge >= 0.3 is 0 Å². The number of hydrogen-bond acceptors (Lipinski definition) is 4. The first-order valence-corrected chi connectivity index (χ1v) is 10.5. The zero-order valence-corrected chi connectivity index (χ0v) is 19.0. The smallest absolute Gasteiger partial charge is 0.276 e. The third kappa shape index (κ3) is 4.73. The van der Waals surface area contributed by atoms with Crippen molar-refractivity contribution in [1.82, 2.24) is 9.78 Å². The zero-order valence-electron chi connectivity index (χ0n) is 18.2. The molecule has 0 aliphatic heterocycles. The van der Waals surface area contributed by atoms with E-state index >= 15 is 0 Å². The average molecular weight is 519 g/mol. The van der Waals surface area contributed by atoms with E-state index in [1.165, 1.54) is 6.07 Å². The number of benzene rings is 3. The second kappa shape index (κ2) is 9.70. The molecule has 0 fully saturated rings. The zero-order chi connectivity index (χ0) is 26.1. The van der Waals surface area contributed by atoms with Crippen molar-refractivity contribution in [2.45, 2.75) is 6.92 Å². The second-order valence-corrected chi connectivity index (χ2v) is 7.93. The van der Waals surface area contributed by atoms with Crippen LogP contribution in [0.1, 0.15) is 26.5 Å². The average Bonchev–Trinajstić information content (AvgIpc) is 3.25. The summed E-state index contributed by atoms with van der Waals surface area (Å²) in [5.74, 6) is -10.5. The van der Waals surface area contributed by atoms with Crippen molar-refractivity contribution in [3.8, 4) is 11.4 Å². The molecule has 3 aromatic carbocycles. The van der Waals surface area contributed by atoms with Gasteiger partial charge in [-0.3, -0.25) is 9.59 Å². The van der Waals surface area contributed by atoms with E-state index in [0.29, 0.717) is 5.69 Å². The molecule has 0 bridgehead atoms. The summed E-state index contributed by atoms with van der Waals surface area (Å²) < 4.78 is 55.5. The molecule has 0 unspecified atom stereocenters. The van der Waals surface area contributed by atoms with Crippen LogP contribution < -0.4 is 10.6 Å². The first kappa shape index (κ1) is 24.7. The van der Waals surface area contributed by atoms with Crippen LogP contribution >= 0.6 is 11.6 Å². The van der Waals surface area contributed by atoms with Gasteiger partial charge < -0.3 is 15.7 Å². The Bertz CT molecular complexity index is 1510. The molecule has 0 spiro atoms. The minimum atomic E-state index is -2.16. The Hall–Kier alpha value is -4.38. The van der Waals surface area contributed by atoms with E-state index in [9.17, 15) is 32.3 Å². The Kier molecular flexibility index (Phi) is 6.67. The number of amides is 2. The summed E-state index contributed by atoms with van der Waals surface area (Å²) in [5.41, 5.74) is -0.0837. The minimum Gasteiger partial charge on any atom is -0.506 e. The van der Waals surface area contributed by atoms with Crippen LogP contribution in [0, 0.1) is 30.2 Å². The predicted octanol–water partition coefficient (Wildman–Crippen LogP) is 5.60. The minimum absolute atomic E-state index is 0.0418. The standard InChI is InChI=1S/C24H15ClF4N4O3/c1-11-7-18(32-33(11)12-5-3-2-4-6-12)24(36)31-17-9-14(25)16(10-19(17)34)30-23(35)13-8-15(26)21(28)22(29)20(13)27/h2-10,34H,1H3,(H,30,35)(H,31,36). The summed E-state index contributed by atoms with van der Waals surface area (Å²) in [5, 5.41) is 18.9. The summed E-state index contributed by atoms with van der Waals surface area (Å²) in [6, 6.07) is 12.8. The molecule has 4 aromatic rings. The van der Waals surface area contributed by atoms with Gasteiger partial charge in [-0.15, -0.1) is 0 Å². The van der Waals surface area contributed by atoms with E-state index in [4.69, 9.17) is 11.6 Å². The SMILES string of the molecule is Cc1cc(C(=O)Nc2cc(Cl)c(NC(=O)c3cc(F)c(F)c(F)c3F)cc2O)nn1-c1ccccc1. The number of anilines is 2. The summed E-state index contributed by atoms with van der Waals surface area (Å²) in [6.45, 7) is 1.75. The maximum atomic E-state index is 13.9. The molecule has 0 aliphatic carbocycles. The quantitative estimate of drug-likeness (QED) is 0.139. The van der Waals surface area contributed by atoms with Gasteiger partial charge in [0.2, 0.25) is 0 Å². The maximum Gasteiger partial charge on any atom is 0.276 e. The van der Waals surface area contributed by atoms with Gasteiger partial charge in [-0.1, -0.05) is 29.8 Å². The van der Waals surface area contributed by atoms with Crippen molar-refractivity contribution in [2.24, 2.45) is 0 Å². The number of carbonyl (C=O) groups excluding carboxylic acids is 2. The first-order valence-electron chi connectivity index (χ1n) is 10.2. The van der Waals surface area contributed by atoms with Gasteiger partial charge in [0, 0.05) is 11.8 Å². The molecule has 1 aromatic heterocycles. The lowest BCUT2D eigenvalue weighted by Gasteiger charge is -2.12. The fraction of sp³-hybridized carbons (Fsp3) is 0.0417. The van der Waals surface area contributed by atoms with Crippen LogP contribution in [0.4, 0.5) is 28.9 Å². The number of rotatable bonds is 5. The van der Waals surface area contributed by atoms with E-state index in [1.807, 2.05) is 18.2 Å².